The fraction of sp³-hybridized carbons (Fsp3) is 0.750. The first-order valence-corrected chi connectivity index (χ1v) is 6.51. The van der Waals surface area contributed by atoms with Gasteiger partial charge in [-0.3, -0.25) is 4.68 Å². The van der Waals surface area contributed by atoms with E-state index in [-0.39, 0.29) is 6.04 Å². The molecule has 0 aliphatic carbocycles. The highest BCUT2D eigenvalue weighted by atomic mass is 79.9. The van der Waals surface area contributed by atoms with Gasteiger partial charge in [0.25, 0.3) is 0 Å². The first-order chi connectivity index (χ1) is 7.25. The normalized spacial score (nSPS) is 15.8. The van der Waals surface area contributed by atoms with Gasteiger partial charge in [-0.1, -0.05) is 13.8 Å². The molecular weight excluding hydrogens is 268 g/mol. The van der Waals surface area contributed by atoms with Crippen LogP contribution in [0.2, 0.25) is 0 Å². The summed E-state index contributed by atoms with van der Waals surface area (Å²) >= 11 is 3.47. The van der Waals surface area contributed by atoms with E-state index in [0.717, 1.165) is 16.6 Å². The van der Waals surface area contributed by atoms with E-state index in [4.69, 9.17) is 0 Å². The molecule has 4 heteroatoms. The molecule has 1 atom stereocenters. The Morgan fingerprint density at radius 1 is 1.44 bits per heavy atom. The van der Waals surface area contributed by atoms with Gasteiger partial charge in [-0.15, -0.1) is 0 Å². The molecule has 0 saturated heterocycles. The number of hydrogen-bond donors (Lipinski definition) is 1. The minimum atomic E-state index is -0.840. The van der Waals surface area contributed by atoms with Crippen molar-refractivity contribution in [2.75, 3.05) is 0 Å². The number of hydrogen-bond acceptors (Lipinski definition) is 2. The van der Waals surface area contributed by atoms with Crippen molar-refractivity contribution < 1.29 is 5.11 Å². The maximum atomic E-state index is 10.6. The van der Waals surface area contributed by atoms with Gasteiger partial charge >= 0.3 is 0 Å². The number of nitrogens with zero attached hydrogens (tertiary/aromatic N) is 2. The lowest BCUT2D eigenvalue weighted by molar-refractivity contribution is 0.0241. The molecule has 16 heavy (non-hydrogen) atoms. The molecule has 1 aromatic rings. The standard InChI is InChI=1S/C12H21BrN2O/c1-8(2)6-12(5,16)11-10(13)7-14-15(11)9(3)4/h7-9,16H,6H2,1-5H3. The van der Waals surface area contributed by atoms with Gasteiger partial charge in [0.05, 0.1) is 16.4 Å². The van der Waals surface area contributed by atoms with Crippen LogP contribution in [0.15, 0.2) is 10.7 Å². The molecule has 1 aromatic heterocycles. The highest BCUT2D eigenvalue weighted by Gasteiger charge is 2.31. The van der Waals surface area contributed by atoms with Crippen molar-refractivity contribution in [2.24, 2.45) is 5.92 Å². The van der Waals surface area contributed by atoms with Crippen LogP contribution in [0.5, 0.6) is 0 Å². The summed E-state index contributed by atoms with van der Waals surface area (Å²) in [5.74, 6) is 0.442. The molecule has 0 fully saturated rings. The van der Waals surface area contributed by atoms with Crippen molar-refractivity contribution >= 4 is 15.9 Å². The van der Waals surface area contributed by atoms with Crippen molar-refractivity contribution in [3.05, 3.63) is 16.4 Å². The fourth-order valence-electron chi connectivity index (χ4n) is 2.13. The van der Waals surface area contributed by atoms with E-state index in [1.54, 1.807) is 6.20 Å². The largest absolute Gasteiger partial charge is 0.384 e. The topological polar surface area (TPSA) is 38.1 Å². The van der Waals surface area contributed by atoms with Crippen molar-refractivity contribution in [2.45, 2.75) is 52.7 Å². The predicted molar refractivity (Wildman–Crippen MR) is 69.3 cm³/mol. The smallest absolute Gasteiger partial charge is 0.105 e. The van der Waals surface area contributed by atoms with E-state index in [0.29, 0.717) is 5.92 Å². The fourth-order valence-corrected chi connectivity index (χ4v) is 2.83. The Labute approximate surface area is 106 Å². The summed E-state index contributed by atoms with van der Waals surface area (Å²) in [6.45, 7) is 10.2. The van der Waals surface area contributed by atoms with Crippen LogP contribution in [0.1, 0.15) is 52.8 Å². The van der Waals surface area contributed by atoms with Crippen molar-refractivity contribution in [3.8, 4) is 0 Å². The lowest BCUT2D eigenvalue weighted by Crippen LogP contribution is -2.28. The zero-order chi connectivity index (χ0) is 12.5. The van der Waals surface area contributed by atoms with E-state index in [1.807, 2.05) is 11.6 Å². The van der Waals surface area contributed by atoms with E-state index >= 15 is 0 Å². The van der Waals surface area contributed by atoms with E-state index in [1.165, 1.54) is 0 Å². The Hall–Kier alpha value is -0.350. The molecule has 3 nitrogen and oxygen atoms in total. The summed E-state index contributed by atoms with van der Waals surface area (Å²) in [4.78, 5) is 0. The quantitative estimate of drug-likeness (QED) is 0.921. The van der Waals surface area contributed by atoms with Crippen LogP contribution in [0.25, 0.3) is 0 Å². The molecule has 0 aliphatic rings. The molecule has 0 amide bonds. The van der Waals surface area contributed by atoms with E-state index in [9.17, 15) is 5.11 Å². The second kappa shape index (κ2) is 4.88. The van der Waals surface area contributed by atoms with Gasteiger partial charge in [-0.2, -0.15) is 5.10 Å². The Morgan fingerprint density at radius 3 is 2.44 bits per heavy atom. The number of aromatic nitrogens is 2. The highest BCUT2D eigenvalue weighted by Crippen LogP contribution is 2.34. The summed E-state index contributed by atoms with van der Waals surface area (Å²) in [6.07, 6.45) is 2.48. The van der Waals surface area contributed by atoms with Gasteiger partial charge in [0.15, 0.2) is 0 Å². The van der Waals surface area contributed by atoms with Crippen LogP contribution in [-0.4, -0.2) is 14.9 Å². The van der Waals surface area contributed by atoms with Crippen LogP contribution < -0.4 is 0 Å². The summed E-state index contributed by atoms with van der Waals surface area (Å²) in [5, 5.41) is 14.9. The van der Waals surface area contributed by atoms with Gasteiger partial charge in [0.1, 0.15) is 5.60 Å². The molecular formula is C12H21BrN2O. The second-order valence-electron chi connectivity index (χ2n) is 5.25. The Morgan fingerprint density at radius 2 is 2.00 bits per heavy atom. The van der Waals surface area contributed by atoms with Gasteiger partial charge in [-0.25, -0.2) is 0 Å². The Bertz CT molecular complexity index is 356. The third-order valence-electron chi connectivity index (χ3n) is 2.56. The third kappa shape index (κ3) is 2.86. The van der Waals surface area contributed by atoms with Crippen molar-refractivity contribution in [1.82, 2.24) is 9.78 Å². The Balaban J connectivity index is 3.15. The molecule has 0 bridgehead atoms. The SMILES string of the molecule is CC(C)CC(C)(O)c1c(Br)cnn1C(C)C. The molecule has 0 aliphatic heterocycles. The van der Waals surface area contributed by atoms with Crippen LogP contribution >= 0.6 is 15.9 Å². The molecule has 1 N–H and O–H groups in total. The molecule has 0 saturated carbocycles. The average molecular weight is 289 g/mol. The molecule has 0 spiro atoms. The van der Waals surface area contributed by atoms with Gasteiger partial charge < -0.3 is 5.11 Å². The number of halogens is 1. The van der Waals surface area contributed by atoms with Crippen LogP contribution in [0.3, 0.4) is 0 Å². The number of rotatable bonds is 4. The lowest BCUT2D eigenvalue weighted by atomic mass is 9.91. The Kier molecular flexibility index (Phi) is 4.18. The highest BCUT2D eigenvalue weighted by molar-refractivity contribution is 9.10. The van der Waals surface area contributed by atoms with Gasteiger partial charge in [0.2, 0.25) is 0 Å². The molecule has 0 radical (unpaired) electrons. The second-order valence-corrected chi connectivity index (χ2v) is 6.11. The maximum Gasteiger partial charge on any atom is 0.105 e. The van der Waals surface area contributed by atoms with Gasteiger partial charge in [-0.05, 0) is 49.0 Å². The van der Waals surface area contributed by atoms with Crippen LogP contribution in [-0.2, 0) is 5.60 Å². The first kappa shape index (κ1) is 13.7. The molecule has 0 aromatic carbocycles. The summed E-state index contributed by atoms with van der Waals surface area (Å²) < 4.78 is 2.76. The van der Waals surface area contributed by atoms with Crippen LogP contribution in [0.4, 0.5) is 0 Å². The van der Waals surface area contributed by atoms with Gasteiger partial charge in [0, 0.05) is 6.04 Å². The molecule has 1 heterocycles. The minimum Gasteiger partial charge on any atom is -0.384 e. The summed E-state index contributed by atoms with van der Waals surface area (Å²) in [7, 11) is 0. The van der Waals surface area contributed by atoms with Crippen molar-refractivity contribution in [1.29, 1.82) is 0 Å². The van der Waals surface area contributed by atoms with Crippen molar-refractivity contribution in [3.63, 3.8) is 0 Å². The van der Waals surface area contributed by atoms with E-state index < -0.39 is 5.60 Å². The first-order valence-electron chi connectivity index (χ1n) is 5.71. The zero-order valence-electron chi connectivity index (χ0n) is 10.7. The average Bonchev–Trinajstić information content (AvgIpc) is 2.44. The van der Waals surface area contributed by atoms with E-state index in [2.05, 4.69) is 48.7 Å². The molecule has 1 unspecified atom stereocenters. The zero-order valence-corrected chi connectivity index (χ0v) is 12.2. The minimum absolute atomic E-state index is 0.250. The monoisotopic (exact) mass is 288 g/mol. The molecule has 1 rings (SSSR count). The number of aliphatic hydroxyl groups is 1. The van der Waals surface area contributed by atoms with Crippen LogP contribution in [0, 0.1) is 5.92 Å². The third-order valence-corrected chi connectivity index (χ3v) is 3.14. The lowest BCUT2D eigenvalue weighted by Gasteiger charge is -2.28. The summed E-state index contributed by atoms with van der Waals surface area (Å²) in [6, 6.07) is 0.250. The molecule has 92 valence electrons. The predicted octanol–water partition coefficient (Wildman–Crippen LogP) is 3.48. The maximum absolute atomic E-state index is 10.6. The summed E-state index contributed by atoms with van der Waals surface area (Å²) in [5.41, 5.74) is 0.0320.